The van der Waals surface area contributed by atoms with Crippen molar-refractivity contribution in [1.82, 2.24) is 24.6 Å². The first-order chi connectivity index (χ1) is 13.1. The predicted octanol–water partition coefficient (Wildman–Crippen LogP) is 1.41. The van der Waals surface area contributed by atoms with Crippen molar-refractivity contribution in [3.05, 3.63) is 68.1 Å². The van der Waals surface area contributed by atoms with Crippen molar-refractivity contribution in [2.24, 2.45) is 5.92 Å². The molecule has 3 aromatic heterocycles. The Morgan fingerprint density at radius 1 is 1.22 bits per heavy atom. The van der Waals surface area contributed by atoms with E-state index in [1.54, 1.807) is 15.5 Å². The topological polar surface area (TPSA) is 104 Å². The molecule has 0 aliphatic carbocycles. The molecular formula is C18H19N5O3S. The minimum atomic E-state index is -0.224. The Hall–Kier alpha value is -2.94. The summed E-state index contributed by atoms with van der Waals surface area (Å²) in [4.78, 5) is 40.1. The van der Waals surface area contributed by atoms with E-state index in [4.69, 9.17) is 0 Å². The van der Waals surface area contributed by atoms with E-state index in [0.29, 0.717) is 31.0 Å². The number of amides is 1. The molecule has 4 rings (SSSR count). The van der Waals surface area contributed by atoms with E-state index in [2.05, 4.69) is 15.2 Å². The van der Waals surface area contributed by atoms with Crippen molar-refractivity contribution in [2.75, 3.05) is 13.1 Å². The summed E-state index contributed by atoms with van der Waals surface area (Å²) < 4.78 is 1.63. The number of rotatable bonds is 4. The molecule has 0 spiro atoms. The van der Waals surface area contributed by atoms with Crippen LogP contribution in [0.25, 0.3) is 5.00 Å². The van der Waals surface area contributed by atoms with Crippen LogP contribution < -0.4 is 11.2 Å². The predicted molar refractivity (Wildman–Crippen MR) is 101 cm³/mol. The Kier molecular flexibility index (Phi) is 4.76. The monoisotopic (exact) mass is 385 g/mol. The Balaban J connectivity index is 1.41. The van der Waals surface area contributed by atoms with Crippen molar-refractivity contribution < 1.29 is 4.79 Å². The lowest BCUT2D eigenvalue weighted by Gasteiger charge is -2.31. The first-order valence-corrected chi connectivity index (χ1v) is 9.68. The van der Waals surface area contributed by atoms with E-state index in [9.17, 15) is 14.4 Å². The second kappa shape index (κ2) is 7.36. The number of H-pyrrole nitrogens is 2. The van der Waals surface area contributed by atoms with E-state index in [1.807, 2.05) is 17.5 Å². The molecule has 0 unspecified atom stereocenters. The van der Waals surface area contributed by atoms with Gasteiger partial charge in [0.2, 0.25) is 5.56 Å². The van der Waals surface area contributed by atoms with Gasteiger partial charge in [-0.15, -0.1) is 11.3 Å². The fraction of sp³-hybridized carbons (Fsp3) is 0.333. The van der Waals surface area contributed by atoms with Crippen LogP contribution in [-0.2, 0) is 6.42 Å². The maximum atomic E-state index is 12.5. The molecule has 2 N–H and O–H groups in total. The number of likely N-dealkylation sites (tertiary alicyclic amines) is 1. The van der Waals surface area contributed by atoms with Crippen LogP contribution in [0.2, 0.25) is 0 Å². The molecule has 0 radical (unpaired) electrons. The summed E-state index contributed by atoms with van der Waals surface area (Å²) in [6.07, 6.45) is 3.85. The minimum absolute atomic E-state index is 0.0695. The van der Waals surface area contributed by atoms with Gasteiger partial charge in [-0.1, -0.05) is 0 Å². The number of nitrogens with zero attached hydrogens (tertiary/aromatic N) is 3. The van der Waals surface area contributed by atoms with Crippen LogP contribution in [0.4, 0.5) is 0 Å². The van der Waals surface area contributed by atoms with Crippen LogP contribution in [0.1, 0.15) is 29.0 Å². The highest BCUT2D eigenvalue weighted by atomic mass is 32.1. The molecule has 8 nitrogen and oxygen atoms in total. The quantitative estimate of drug-likeness (QED) is 0.708. The van der Waals surface area contributed by atoms with Gasteiger partial charge < -0.3 is 9.88 Å². The second-order valence-corrected chi connectivity index (χ2v) is 7.54. The summed E-state index contributed by atoms with van der Waals surface area (Å²) in [5.41, 5.74) is 0.0473. The van der Waals surface area contributed by atoms with E-state index in [1.165, 1.54) is 23.6 Å². The Morgan fingerprint density at radius 2 is 2.04 bits per heavy atom. The van der Waals surface area contributed by atoms with Gasteiger partial charge in [0.25, 0.3) is 5.91 Å². The second-order valence-electron chi connectivity index (χ2n) is 6.61. The SMILES string of the molecule is O=C(c1ccc(=O)[nH]c1)N1CCC(Cc2n[nH]c(=O)n2-c2cccs2)CC1. The maximum Gasteiger partial charge on any atom is 0.348 e. The molecule has 0 saturated carbocycles. The lowest BCUT2D eigenvalue weighted by molar-refractivity contribution is 0.0689. The van der Waals surface area contributed by atoms with E-state index in [-0.39, 0.29) is 17.2 Å². The zero-order valence-corrected chi connectivity index (χ0v) is 15.4. The molecule has 0 aromatic carbocycles. The largest absolute Gasteiger partial charge is 0.348 e. The van der Waals surface area contributed by atoms with Crippen molar-refractivity contribution in [3.63, 3.8) is 0 Å². The number of carbonyl (C=O) groups excluding carboxylic acids is 1. The van der Waals surface area contributed by atoms with Crippen LogP contribution in [0.15, 0.2) is 45.4 Å². The van der Waals surface area contributed by atoms with E-state index < -0.39 is 0 Å². The van der Waals surface area contributed by atoms with Crippen LogP contribution >= 0.6 is 11.3 Å². The normalized spacial score (nSPS) is 15.2. The zero-order chi connectivity index (χ0) is 18.8. The lowest BCUT2D eigenvalue weighted by Crippen LogP contribution is -2.39. The number of piperidine rings is 1. The molecule has 1 amide bonds. The van der Waals surface area contributed by atoms with Crippen LogP contribution in [0.5, 0.6) is 0 Å². The van der Waals surface area contributed by atoms with Crippen molar-refractivity contribution >= 4 is 17.2 Å². The first-order valence-electron chi connectivity index (χ1n) is 8.80. The molecule has 1 aliphatic heterocycles. The van der Waals surface area contributed by atoms with Gasteiger partial charge in [-0.3, -0.25) is 9.59 Å². The van der Waals surface area contributed by atoms with Gasteiger partial charge in [0, 0.05) is 31.8 Å². The summed E-state index contributed by atoms with van der Waals surface area (Å²) in [7, 11) is 0. The summed E-state index contributed by atoms with van der Waals surface area (Å²) >= 11 is 1.50. The number of aromatic amines is 2. The van der Waals surface area contributed by atoms with Gasteiger partial charge in [0.05, 0.1) is 5.56 Å². The summed E-state index contributed by atoms with van der Waals surface area (Å²) in [6, 6.07) is 6.72. The summed E-state index contributed by atoms with van der Waals surface area (Å²) in [5, 5.41) is 9.52. The zero-order valence-electron chi connectivity index (χ0n) is 14.6. The third-order valence-electron chi connectivity index (χ3n) is 4.87. The summed E-state index contributed by atoms with van der Waals surface area (Å²) in [6.45, 7) is 1.30. The van der Waals surface area contributed by atoms with Crippen LogP contribution in [-0.4, -0.2) is 43.6 Å². The number of carbonyl (C=O) groups is 1. The molecule has 3 aromatic rings. The van der Waals surface area contributed by atoms with Crippen LogP contribution in [0, 0.1) is 5.92 Å². The van der Waals surface area contributed by atoms with E-state index in [0.717, 1.165) is 23.7 Å². The molecule has 1 fully saturated rings. The van der Waals surface area contributed by atoms with Gasteiger partial charge in [-0.05, 0) is 42.3 Å². The highest BCUT2D eigenvalue weighted by molar-refractivity contribution is 7.12. The Bertz CT molecular complexity index is 1020. The van der Waals surface area contributed by atoms with Gasteiger partial charge in [0.1, 0.15) is 10.8 Å². The highest BCUT2D eigenvalue weighted by Crippen LogP contribution is 2.23. The smallest absolute Gasteiger partial charge is 0.339 e. The van der Waals surface area contributed by atoms with Gasteiger partial charge in [-0.25, -0.2) is 14.5 Å². The van der Waals surface area contributed by atoms with E-state index >= 15 is 0 Å². The Morgan fingerprint density at radius 3 is 2.70 bits per heavy atom. The fourth-order valence-electron chi connectivity index (χ4n) is 3.42. The average molecular weight is 385 g/mol. The number of thiophene rings is 1. The number of pyridine rings is 1. The summed E-state index contributed by atoms with van der Waals surface area (Å²) in [5.74, 6) is 1.02. The molecule has 0 atom stereocenters. The molecule has 27 heavy (non-hydrogen) atoms. The number of nitrogens with one attached hydrogen (secondary N) is 2. The van der Waals surface area contributed by atoms with Crippen molar-refractivity contribution in [2.45, 2.75) is 19.3 Å². The molecule has 0 bridgehead atoms. The highest BCUT2D eigenvalue weighted by Gasteiger charge is 2.25. The fourth-order valence-corrected chi connectivity index (χ4v) is 4.16. The molecular weight excluding hydrogens is 366 g/mol. The van der Waals surface area contributed by atoms with Gasteiger partial charge in [-0.2, -0.15) is 5.10 Å². The maximum absolute atomic E-state index is 12.5. The minimum Gasteiger partial charge on any atom is -0.339 e. The standard InChI is InChI=1S/C18H19N5O3S/c24-15-4-3-13(11-19-15)17(25)22-7-5-12(6-8-22)10-14-20-21-18(26)23(14)16-2-1-9-27-16/h1-4,9,11-12H,5-8,10H2,(H,19,24)(H,21,26). The molecule has 1 saturated heterocycles. The molecule has 9 heteroatoms. The number of hydrogen-bond acceptors (Lipinski definition) is 5. The lowest BCUT2D eigenvalue weighted by atomic mass is 9.93. The van der Waals surface area contributed by atoms with Crippen molar-refractivity contribution in [3.8, 4) is 5.00 Å². The number of aromatic nitrogens is 4. The number of hydrogen-bond donors (Lipinski definition) is 2. The first kappa shape index (κ1) is 17.5. The Labute approximate surface area is 158 Å². The third-order valence-corrected chi connectivity index (χ3v) is 5.73. The molecule has 1 aliphatic rings. The van der Waals surface area contributed by atoms with Gasteiger partial charge >= 0.3 is 5.69 Å². The van der Waals surface area contributed by atoms with Crippen molar-refractivity contribution in [1.29, 1.82) is 0 Å². The molecule has 4 heterocycles. The van der Waals surface area contributed by atoms with Gasteiger partial charge in [0.15, 0.2) is 0 Å². The molecule has 140 valence electrons. The third kappa shape index (κ3) is 3.63. The van der Waals surface area contributed by atoms with Crippen LogP contribution in [0.3, 0.4) is 0 Å². The average Bonchev–Trinajstić information content (AvgIpc) is 3.32.